The molecule has 0 heterocycles. The molecular weight excluding hydrogens is 286 g/mol. The van der Waals surface area contributed by atoms with Gasteiger partial charge in [0.05, 0.1) is 0 Å². The number of carbonyl (C=O) groups is 1. The van der Waals surface area contributed by atoms with Gasteiger partial charge in [0.25, 0.3) is 5.91 Å². The Morgan fingerprint density at radius 3 is 2.35 bits per heavy atom. The summed E-state index contributed by atoms with van der Waals surface area (Å²) in [6.45, 7) is 5.83. The molecule has 0 aromatic heterocycles. The molecule has 1 N–H and O–H groups in total. The van der Waals surface area contributed by atoms with Crippen molar-refractivity contribution in [2.24, 2.45) is 0 Å². The van der Waals surface area contributed by atoms with Gasteiger partial charge in [-0.2, -0.15) is 0 Å². The molecule has 0 bridgehead atoms. The third-order valence-corrected chi connectivity index (χ3v) is 3.80. The highest BCUT2D eigenvalue weighted by atomic mass is 16.5. The molecule has 23 heavy (non-hydrogen) atoms. The van der Waals surface area contributed by atoms with Gasteiger partial charge >= 0.3 is 0 Å². The molecule has 2 atom stereocenters. The summed E-state index contributed by atoms with van der Waals surface area (Å²) in [5.74, 6) is 0.640. The molecular formula is C20H25NO2. The summed E-state index contributed by atoms with van der Waals surface area (Å²) in [7, 11) is 0. The fourth-order valence-electron chi connectivity index (χ4n) is 2.33. The average Bonchev–Trinajstić information content (AvgIpc) is 2.56. The maximum absolute atomic E-state index is 12.2. The van der Waals surface area contributed by atoms with Crippen molar-refractivity contribution in [3.63, 3.8) is 0 Å². The van der Waals surface area contributed by atoms with Crippen molar-refractivity contribution in [2.45, 2.75) is 45.8 Å². The highest BCUT2D eigenvalue weighted by Crippen LogP contribution is 2.13. The van der Waals surface area contributed by atoms with Crippen LogP contribution < -0.4 is 10.1 Å². The highest BCUT2D eigenvalue weighted by molar-refractivity contribution is 5.80. The fourth-order valence-corrected chi connectivity index (χ4v) is 2.33. The van der Waals surface area contributed by atoms with E-state index in [0.29, 0.717) is 0 Å². The minimum atomic E-state index is -0.503. The highest BCUT2D eigenvalue weighted by Gasteiger charge is 2.16. The quantitative estimate of drug-likeness (QED) is 0.842. The van der Waals surface area contributed by atoms with Gasteiger partial charge < -0.3 is 10.1 Å². The van der Waals surface area contributed by atoms with Crippen molar-refractivity contribution in [3.8, 4) is 5.75 Å². The Morgan fingerprint density at radius 2 is 1.70 bits per heavy atom. The van der Waals surface area contributed by atoms with Gasteiger partial charge in [-0.3, -0.25) is 4.79 Å². The summed E-state index contributed by atoms with van der Waals surface area (Å²) < 4.78 is 5.68. The van der Waals surface area contributed by atoms with E-state index in [1.165, 1.54) is 11.1 Å². The normalized spacial score (nSPS) is 13.2. The summed E-state index contributed by atoms with van der Waals surface area (Å²) in [5.41, 5.74) is 2.46. The van der Waals surface area contributed by atoms with E-state index in [1.807, 2.05) is 56.3 Å². The number of amides is 1. The Kier molecular flexibility index (Phi) is 6.21. The topological polar surface area (TPSA) is 38.3 Å². The van der Waals surface area contributed by atoms with Crippen LogP contribution >= 0.6 is 0 Å². The first-order valence-corrected chi connectivity index (χ1v) is 8.12. The lowest BCUT2D eigenvalue weighted by atomic mass is 10.1. The lowest BCUT2D eigenvalue weighted by Gasteiger charge is -2.19. The molecule has 2 rings (SSSR count). The smallest absolute Gasteiger partial charge is 0.260 e. The van der Waals surface area contributed by atoms with E-state index >= 15 is 0 Å². The number of rotatable bonds is 7. The third kappa shape index (κ3) is 5.78. The molecule has 2 aromatic carbocycles. The first kappa shape index (κ1) is 17.1. The Bertz CT molecular complexity index is 607. The molecule has 122 valence electrons. The molecule has 0 unspecified atom stereocenters. The molecule has 0 aliphatic carbocycles. The van der Waals surface area contributed by atoms with Crippen LogP contribution in [0.4, 0.5) is 0 Å². The number of hydrogen-bond donors (Lipinski definition) is 1. The van der Waals surface area contributed by atoms with Gasteiger partial charge in [0, 0.05) is 6.04 Å². The second kappa shape index (κ2) is 8.37. The number of hydrogen-bond acceptors (Lipinski definition) is 2. The lowest BCUT2D eigenvalue weighted by molar-refractivity contribution is -0.127. The van der Waals surface area contributed by atoms with E-state index < -0.39 is 6.10 Å². The van der Waals surface area contributed by atoms with Crippen LogP contribution in [0.15, 0.2) is 54.6 Å². The zero-order valence-corrected chi connectivity index (χ0v) is 14.1. The number of aryl methyl sites for hydroxylation is 2. The van der Waals surface area contributed by atoms with Gasteiger partial charge in [-0.1, -0.05) is 48.0 Å². The molecule has 1 amide bonds. The first-order valence-electron chi connectivity index (χ1n) is 8.12. The van der Waals surface area contributed by atoms with Crippen LogP contribution in [0.25, 0.3) is 0 Å². The molecule has 3 heteroatoms. The Morgan fingerprint density at radius 1 is 1.04 bits per heavy atom. The van der Waals surface area contributed by atoms with Crippen LogP contribution in [0.2, 0.25) is 0 Å². The first-order chi connectivity index (χ1) is 11.0. The van der Waals surface area contributed by atoms with E-state index in [0.717, 1.165) is 18.6 Å². The van der Waals surface area contributed by atoms with E-state index in [4.69, 9.17) is 4.74 Å². The number of nitrogens with one attached hydrogen (secondary N) is 1. The van der Waals surface area contributed by atoms with Gasteiger partial charge in [-0.25, -0.2) is 0 Å². The third-order valence-electron chi connectivity index (χ3n) is 3.80. The van der Waals surface area contributed by atoms with Crippen LogP contribution in [0.1, 0.15) is 31.4 Å². The van der Waals surface area contributed by atoms with Crippen molar-refractivity contribution in [3.05, 3.63) is 65.7 Å². The molecule has 0 saturated carbocycles. The second-order valence-corrected chi connectivity index (χ2v) is 6.01. The maximum atomic E-state index is 12.2. The minimum Gasteiger partial charge on any atom is -0.481 e. The number of carbonyl (C=O) groups excluding carboxylic acids is 1. The van der Waals surface area contributed by atoms with Gasteiger partial charge in [0.1, 0.15) is 5.75 Å². The Balaban J connectivity index is 1.77. The molecule has 0 radical (unpaired) electrons. The Hall–Kier alpha value is -2.29. The molecule has 0 spiro atoms. The van der Waals surface area contributed by atoms with Gasteiger partial charge in [0.15, 0.2) is 6.10 Å². The van der Waals surface area contributed by atoms with Crippen molar-refractivity contribution in [1.29, 1.82) is 0 Å². The number of benzene rings is 2. The van der Waals surface area contributed by atoms with Gasteiger partial charge in [0.2, 0.25) is 0 Å². The zero-order chi connectivity index (χ0) is 16.7. The number of ether oxygens (including phenoxy) is 1. The Labute approximate surface area is 138 Å². The van der Waals surface area contributed by atoms with E-state index in [1.54, 1.807) is 6.92 Å². The van der Waals surface area contributed by atoms with Gasteiger partial charge in [-0.15, -0.1) is 0 Å². The van der Waals surface area contributed by atoms with E-state index in [9.17, 15) is 4.79 Å². The lowest BCUT2D eigenvalue weighted by Crippen LogP contribution is -2.41. The summed E-state index contributed by atoms with van der Waals surface area (Å²) >= 11 is 0. The maximum Gasteiger partial charge on any atom is 0.260 e. The van der Waals surface area contributed by atoms with E-state index in [2.05, 4.69) is 17.4 Å². The predicted octanol–water partition coefficient (Wildman–Crippen LogP) is 3.90. The van der Waals surface area contributed by atoms with Crippen LogP contribution in [0, 0.1) is 6.92 Å². The summed E-state index contributed by atoms with van der Waals surface area (Å²) in [5, 5.41) is 3.02. The van der Waals surface area contributed by atoms with Crippen molar-refractivity contribution in [2.75, 3.05) is 0 Å². The van der Waals surface area contributed by atoms with Crippen LogP contribution in [0.3, 0.4) is 0 Å². The minimum absolute atomic E-state index is 0.0777. The van der Waals surface area contributed by atoms with Crippen LogP contribution in [-0.4, -0.2) is 18.1 Å². The van der Waals surface area contributed by atoms with Crippen molar-refractivity contribution in [1.82, 2.24) is 5.32 Å². The second-order valence-electron chi connectivity index (χ2n) is 6.01. The van der Waals surface area contributed by atoms with E-state index in [-0.39, 0.29) is 11.9 Å². The monoisotopic (exact) mass is 311 g/mol. The summed E-state index contributed by atoms with van der Waals surface area (Å²) in [6, 6.07) is 18.1. The standard InChI is InChI=1S/C20H25NO2/c1-15-9-13-19(14-10-15)23-17(3)20(22)21-16(2)11-12-18-7-5-4-6-8-18/h4-10,13-14,16-17H,11-12H2,1-3H3,(H,21,22)/t16-,17+/m1/s1. The molecule has 0 aliphatic heterocycles. The average molecular weight is 311 g/mol. The summed E-state index contributed by atoms with van der Waals surface area (Å²) in [6.07, 6.45) is 1.36. The molecule has 2 aromatic rings. The molecule has 0 saturated heterocycles. The van der Waals surface area contributed by atoms with Gasteiger partial charge in [-0.05, 0) is 51.3 Å². The predicted molar refractivity (Wildman–Crippen MR) is 93.6 cm³/mol. The molecule has 0 aliphatic rings. The zero-order valence-electron chi connectivity index (χ0n) is 14.1. The van der Waals surface area contributed by atoms with Crippen LogP contribution in [0.5, 0.6) is 5.75 Å². The summed E-state index contributed by atoms with van der Waals surface area (Å²) in [4.78, 5) is 12.2. The molecule has 3 nitrogen and oxygen atoms in total. The SMILES string of the molecule is Cc1ccc(O[C@@H](C)C(=O)N[C@H](C)CCc2ccccc2)cc1. The largest absolute Gasteiger partial charge is 0.481 e. The fraction of sp³-hybridized carbons (Fsp3) is 0.350. The van der Waals surface area contributed by atoms with Crippen molar-refractivity contribution >= 4 is 5.91 Å². The van der Waals surface area contributed by atoms with Crippen molar-refractivity contribution < 1.29 is 9.53 Å². The molecule has 0 fully saturated rings. The van der Waals surface area contributed by atoms with Crippen LogP contribution in [-0.2, 0) is 11.2 Å².